The SMILES string of the molecule is O=C(NO)c1csc(C(=O)NCc2cccc(Cl)c2)c1. The normalized spacial score (nSPS) is 10.1. The predicted octanol–water partition coefficient (Wildman–Crippen LogP) is 2.45. The summed E-state index contributed by atoms with van der Waals surface area (Å²) in [5.74, 6) is -0.929. The lowest BCUT2D eigenvalue weighted by Crippen LogP contribution is -2.22. The second-order valence-electron chi connectivity index (χ2n) is 3.95. The number of benzene rings is 1. The zero-order chi connectivity index (χ0) is 14.5. The fraction of sp³-hybridized carbons (Fsp3) is 0.0769. The third kappa shape index (κ3) is 3.57. The van der Waals surface area contributed by atoms with Gasteiger partial charge >= 0.3 is 0 Å². The molecule has 0 atom stereocenters. The van der Waals surface area contributed by atoms with Gasteiger partial charge in [-0.2, -0.15) is 0 Å². The van der Waals surface area contributed by atoms with Gasteiger partial charge in [0.15, 0.2) is 0 Å². The zero-order valence-corrected chi connectivity index (χ0v) is 11.8. The highest BCUT2D eigenvalue weighted by atomic mass is 35.5. The molecule has 2 aromatic rings. The fourth-order valence-electron chi connectivity index (χ4n) is 1.56. The van der Waals surface area contributed by atoms with Crippen molar-refractivity contribution in [2.75, 3.05) is 0 Å². The van der Waals surface area contributed by atoms with Crippen LogP contribution in [0.3, 0.4) is 0 Å². The van der Waals surface area contributed by atoms with Gasteiger partial charge in [-0.05, 0) is 23.8 Å². The summed E-state index contributed by atoms with van der Waals surface area (Å²) in [4.78, 5) is 23.5. The molecule has 2 rings (SSSR count). The number of carbonyl (C=O) groups excluding carboxylic acids is 2. The maximum Gasteiger partial charge on any atom is 0.275 e. The van der Waals surface area contributed by atoms with Gasteiger partial charge in [-0.3, -0.25) is 14.8 Å². The van der Waals surface area contributed by atoms with Crippen LogP contribution in [0.5, 0.6) is 0 Å². The summed E-state index contributed by atoms with van der Waals surface area (Å²) < 4.78 is 0. The maximum atomic E-state index is 11.9. The number of hydrogen-bond donors (Lipinski definition) is 3. The average molecular weight is 311 g/mol. The summed E-state index contributed by atoms with van der Waals surface area (Å²) in [7, 11) is 0. The van der Waals surface area contributed by atoms with Crippen LogP contribution in [0, 0.1) is 0 Å². The summed E-state index contributed by atoms with van der Waals surface area (Å²) >= 11 is 6.98. The Kier molecular flexibility index (Phi) is 4.73. The van der Waals surface area contributed by atoms with Gasteiger partial charge in [0.25, 0.3) is 11.8 Å². The van der Waals surface area contributed by atoms with E-state index in [0.29, 0.717) is 16.4 Å². The van der Waals surface area contributed by atoms with E-state index in [2.05, 4.69) is 5.32 Å². The van der Waals surface area contributed by atoms with Gasteiger partial charge in [0.1, 0.15) is 0 Å². The van der Waals surface area contributed by atoms with Gasteiger partial charge in [-0.15, -0.1) is 11.3 Å². The van der Waals surface area contributed by atoms with Gasteiger partial charge < -0.3 is 5.32 Å². The molecule has 104 valence electrons. The highest BCUT2D eigenvalue weighted by Crippen LogP contribution is 2.15. The van der Waals surface area contributed by atoms with E-state index in [1.165, 1.54) is 16.9 Å². The average Bonchev–Trinajstić information content (AvgIpc) is 2.94. The third-order valence-electron chi connectivity index (χ3n) is 2.53. The predicted molar refractivity (Wildman–Crippen MR) is 76.2 cm³/mol. The molecule has 0 saturated carbocycles. The lowest BCUT2D eigenvalue weighted by atomic mass is 10.2. The van der Waals surface area contributed by atoms with Crippen LogP contribution in [0.4, 0.5) is 0 Å². The van der Waals surface area contributed by atoms with Crippen LogP contribution in [0.15, 0.2) is 35.7 Å². The monoisotopic (exact) mass is 310 g/mol. The zero-order valence-electron chi connectivity index (χ0n) is 10.2. The number of nitrogens with one attached hydrogen (secondary N) is 2. The van der Waals surface area contributed by atoms with Crippen molar-refractivity contribution >= 4 is 34.8 Å². The number of halogens is 1. The third-order valence-corrected chi connectivity index (χ3v) is 3.69. The van der Waals surface area contributed by atoms with Crippen molar-refractivity contribution in [3.05, 3.63) is 56.7 Å². The summed E-state index contributed by atoms with van der Waals surface area (Å²) in [6.45, 7) is 0.346. The minimum Gasteiger partial charge on any atom is -0.347 e. The van der Waals surface area contributed by atoms with Gasteiger partial charge in [0.05, 0.1) is 10.4 Å². The standard InChI is InChI=1S/C13H11ClN2O3S/c14-10-3-1-2-8(4-10)6-15-13(18)11-5-9(7-20-11)12(17)16-19/h1-5,7,19H,6H2,(H,15,18)(H,16,17). The Balaban J connectivity index is 1.98. The van der Waals surface area contributed by atoms with Crippen LogP contribution in [-0.2, 0) is 6.54 Å². The Bertz CT molecular complexity index is 642. The molecule has 0 aliphatic rings. The van der Waals surface area contributed by atoms with E-state index >= 15 is 0 Å². The molecule has 0 saturated heterocycles. The van der Waals surface area contributed by atoms with Crippen molar-refractivity contribution in [2.24, 2.45) is 0 Å². The largest absolute Gasteiger partial charge is 0.347 e. The van der Waals surface area contributed by atoms with Gasteiger partial charge in [-0.25, -0.2) is 5.48 Å². The molecule has 1 heterocycles. The lowest BCUT2D eigenvalue weighted by Gasteiger charge is -2.04. The van der Waals surface area contributed by atoms with Crippen LogP contribution >= 0.6 is 22.9 Å². The Labute approximate surface area is 124 Å². The van der Waals surface area contributed by atoms with Crippen molar-refractivity contribution in [1.29, 1.82) is 0 Å². The topological polar surface area (TPSA) is 78.4 Å². The molecule has 20 heavy (non-hydrogen) atoms. The number of thiophene rings is 1. The first-order chi connectivity index (χ1) is 9.60. The molecule has 0 bridgehead atoms. The van der Waals surface area contributed by atoms with E-state index in [-0.39, 0.29) is 11.5 Å². The molecule has 2 amide bonds. The van der Waals surface area contributed by atoms with Crippen LogP contribution in [-0.4, -0.2) is 17.0 Å². The fourth-order valence-corrected chi connectivity index (χ4v) is 2.57. The number of hydrogen-bond acceptors (Lipinski definition) is 4. The van der Waals surface area contributed by atoms with Gasteiger partial charge in [0.2, 0.25) is 0 Å². The van der Waals surface area contributed by atoms with Gasteiger partial charge in [0, 0.05) is 16.9 Å². The number of hydroxylamine groups is 1. The minimum atomic E-state index is -0.643. The van der Waals surface area contributed by atoms with Crippen molar-refractivity contribution < 1.29 is 14.8 Å². The van der Waals surface area contributed by atoms with Crippen molar-refractivity contribution in [3.63, 3.8) is 0 Å². The molecule has 0 fully saturated rings. The van der Waals surface area contributed by atoms with Crippen LogP contribution in [0.25, 0.3) is 0 Å². The molecule has 0 radical (unpaired) electrons. The lowest BCUT2D eigenvalue weighted by molar-refractivity contribution is 0.0707. The second kappa shape index (κ2) is 6.51. The summed E-state index contributed by atoms with van der Waals surface area (Å²) in [6.07, 6.45) is 0. The summed E-state index contributed by atoms with van der Waals surface area (Å²) in [5, 5.41) is 13.3. The Morgan fingerprint density at radius 3 is 2.75 bits per heavy atom. The molecular weight excluding hydrogens is 300 g/mol. The molecule has 0 aliphatic heterocycles. The quantitative estimate of drug-likeness (QED) is 0.599. The molecule has 0 aliphatic carbocycles. The van der Waals surface area contributed by atoms with Crippen LogP contribution in [0.1, 0.15) is 25.6 Å². The maximum absolute atomic E-state index is 11.9. The summed E-state index contributed by atoms with van der Waals surface area (Å²) in [5.41, 5.74) is 2.65. The smallest absolute Gasteiger partial charge is 0.275 e. The van der Waals surface area contributed by atoms with E-state index in [1.54, 1.807) is 18.2 Å². The molecule has 3 N–H and O–H groups in total. The number of rotatable bonds is 4. The van der Waals surface area contributed by atoms with Crippen molar-refractivity contribution in [1.82, 2.24) is 10.8 Å². The van der Waals surface area contributed by atoms with Crippen LogP contribution < -0.4 is 10.8 Å². The van der Waals surface area contributed by atoms with Crippen molar-refractivity contribution in [2.45, 2.75) is 6.54 Å². The Hall–Kier alpha value is -1.89. The second-order valence-corrected chi connectivity index (χ2v) is 5.30. The number of amides is 2. The van der Waals surface area contributed by atoms with Crippen molar-refractivity contribution in [3.8, 4) is 0 Å². The Morgan fingerprint density at radius 1 is 1.25 bits per heavy atom. The van der Waals surface area contributed by atoms with E-state index in [1.807, 2.05) is 6.07 Å². The number of carbonyl (C=O) groups is 2. The van der Waals surface area contributed by atoms with E-state index in [0.717, 1.165) is 16.9 Å². The van der Waals surface area contributed by atoms with E-state index in [4.69, 9.17) is 16.8 Å². The van der Waals surface area contributed by atoms with Gasteiger partial charge in [-0.1, -0.05) is 23.7 Å². The molecule has 1 aromatic heterocycles. The van der Waals surface area contributed by atoms with E-state index in [9.17, 15) is 9.59 Å². The summed E-state index contributed by atoms with van der Waals surface area (Å²) in [6, 6.07) is 8.60. The molecule has 0 spiro atoms. The molecule has 5 nitrogen and oxygen atoms in total. The first-order valence-corrected chi connectivity index (χ1v) is 6.91. The highest BCUT2D eigenvalue weighted by molar-refractivity contribution is 7.12. The first kappa shape index (κ1) is 14.5. The molecule has 1 aromatic carbocycles. The van der Waals surface area contributed by atoms with Crippen LogP contribution in [0.2, 0.25) is 5.02 Å². The minimum absolute atomic E-state index is 0.241. The molecule has 0 unspecified atom stereocenters. The van der Waals surface area contributed by atoms with E-state index < -0.39 is 5.91 Å². The Morgan fingerprint density at radius 2 is 2.05 bits per heavy atom. The molecule has 7 heteroatoms. The first-order valence-electron chi connectivity index (χ1n) is 5.66. The highest BCUT2D eigenvalue weighted by Gasteiger charge is 2.12. The molecular formula is C13H11ClN2O3S.